The highest BCUT2D eigenvalue weighted by atomic mass is 32.2. The predicted molar refractivity (Wildman–Crippen MR) is 62.0 cm³/mol. The maximum atomic E-state index is 11.0. The average molecular weight is 218 g/mol. The number of unbranched alkanes of at least 4 members (excludes halogenated alkanes) is 5. The van der Waals surface area contributed by atoms with Crippen molar-refractivity contribution in [3.05, 3.63) is 11.5 Å². The topological polar surface area (TPSA) is 34.1 Å². The molecule has 0 saturated heterocycles. The quantitative estimate of drug-likeness (QED) is 0.586. The van der Waals surface area contributed by atoms with E-state index < -0.39 is 9.84 Å². The van der Waals surface area contributed by atoms with Crippen molar-refractivity contribution in [2.45, 2.75) is 52.4 Å². The van der Waals surface area contributed by atoms with Crippen LogP contribution in [0.2, 0.25) is 0 Å². The molecule has 0 saturated carbocycles. The van der Waals surface area contributed by atoms with Crippen LogP contribution in [0.4, 0.5) is 0 Å². The van der Waals surface area contributed by atoms with Crippen LogP contribution in [0.25, 0.3) is 0 Å². The van der Waals surface area contributed by atoms with E-state index in [9.17, 15) is 8.42 Å². The van der Waals surface area contributed by atoms with E-state index in [0.717, 1.165) is 12.8 Å². The summed E-state index contributed by atoms with van der Waals surface area (Å²) in [6, 6.07) is 0. The Labute approximate surface area is 88.3 Å². The van der Waals surface area contributed by atoms with Crippen molar-refractivity contribution in [2.24, 2.45) is 0 Å². The Morgan fingerprint density at radius 3 is 2.21 bits per heavy atom. The van der Waals surface area contributed by atoms with Crippen LogP contribution in [-0.4, -0.2) is 14.2 Å². The van der Waals surface area contributed by atoms with Crippen molar-refractivity contribution in [1.29, 1.82) is 0 Å². The summed E-state index contributed by atoms with van der Waals surface area (Å²) in [5.74, 6) is 0.208. The molecule has 0 aliphatic heterocycles. The van der Waals surface area contributed by atoms with Gasteiger partial charge in [0, 0.05) is 5.41 Å². The lowest BCUT2D eigenvalue weighted by Crippen LogP contribution is -1.96. The number of hydrogen-bond acceptors (Lipinski definition) is 2. The highest BCUT2D eigenvalue weighted by Gasteiger charge is 1.98. The molecule has 0 bridgehead atoms. The van der Waals surface area contributed by atoms with Crippen molar-refractivity contribution in [1.82, 2.24) is 0 Å². The molecule has 3 heteroatoms. The third-order valence-electron chi connectivity index (χ3n) is 2.18. The zero-order valence-corrected chi connectivity index (χ0v) is 10.1. The summed E-state index contributed by atoms with van der Waals surface area (Å²) < 4.78 is 22.1. The van der Waals surface area contributed by atoms with Gasteiger partial charge in [-0.05, 0) is 12.8 Å². The molecule has 0 aromatic heterocycles. The van der Waals surface area contributed by atoms with Gasteiger partial charge in [0.1, 0.15) is 0 Å². The molecule has 0 rings (SSSR count). The van der Waals surface area contributed by atoms with E-state index in [-0.39, 0.29) is 5.75 Å². The molecule has 0 aliphatic carbocycles. The van der Waals surface area contributed by atoms with Gasteiger partial charge in [-0.1, -0.05) is 45.6 Å². The summed E-state index contributed by atoms with van der Waals surface area (Å²) in [4.78, 5) is 0. The third kappa shape index (κ3) is 8.30. The number of hydrogen-bond donors (Lipinski definition) is 0. The minimum Gasteiger partial charge on any atom is -0.224 e. The van der Waals surface area contributed by atoms with Gasteiger partial charge < -0.3 is 0 Å². The van der Waals surface area contributed by atoms with E-state index in [1.165, 1.54) is 31.1 Å². The molecule has 0 N–H and O–H groups in total. The largest absolute Gasteiger partial charge is 0.224 e. The van der Waals surface area contributed by atoms with E-state index in [4.69, 9.17) is 0 Å². The Kier molecular flexibility index (Phi) is 7.86. The Balaban J connectivity index is 3.45. The lowest BCUT2D eigenvalue weighted by molar-refractivity contribution is 0.605. The van der Waals surface area contributed by atoms with Gasteiger partial charge in [-0.15, -0.1) is 0 Å². The van der Waals surface area contributed by atoms with E-state index in [0.29, 0.717) is 0 Å². The van der Waals surface area contributed by atoms with Crippen molar-refractivity contribution in [3.8, 4) is 0 Å². The summed E-state index contributed by atoms with van der Waals surface area (Å²) in [5.41, 5.74) is 0. The highest BCUT2D eigenvalue weighted by Crippen LogP contribution is 2.06. The van der Waals surface area contributed by atoms with Crippen LogP contribution in [0.3, 0.4) is 0 Å². The summed E-state index contributed by atoms with van der Waals surface area (Å²) in [6.45, 7) is 3.86. The lowest BCUT2D eigenvalue weighted by Gasteiger charge is -1.96. The first-order chi connectivity index (χ1) is 6.62. The number of sulfone groups is 1. The van der Waals surface area contributed by atoms with Gasteiger partial charge in [-0.25, -0.2) is 8.42 Å². The van der Waals surface area contributed by atoms with Crippen molar-refractivity contribution in [3.63, 3.8) is 0 Å². The van der Waals surface area contributed by atoms with Gasteiger partial charge >= 0.3 is 0 Å². The molecule has 0 spiro atoms. The molecule has 0 radical (unpaired) electrons. The standard InChI is InChI=1S/C11H22O2S/c1-3-5-6-7-8-9-10-11-14(12,13)4-2/h10-11H,3-9H2,1-2H3. The predicted octanol–water partition coefficient (Wildman–Crippen LogP) is 3.30. The third-order valence-corrected chi connectivity index (χ3v) is 3.59. The van der Waals surface area contributed by atoms with Gasteiger partial charge in [-0.2, -0.15) is 0 Å². The zero-order chi connectivity index (χ0) is 10.9. The van der Waals surface area contributed by atoms with Gasteiger partial charge in [0.2, 0.25) is 0 Å². The molecule has 14 heavy (non-hydrogen) atoms. The zero-order valence-electron chi connectivity index (χ0n) is 9.33. The maximum Gasteiger partial charge on any atom is 0.171 e. The van der Waals surface area contributed by atoms with Crippen LogP contribution >= 0.6 is 0 Å². The van der Waals surface area contributed by atoms with Crippen molar-refractivity contribution < 1.29 is 8.42 Å². The first-order valence-electron chi connectivity index (χ1n) is 5.51. The van der Waals surface area contributed by atoms with Crippen LogP contribution in [-0.2, 0) is 9.84 Å². The fourth-order valence-corrected chi connectivity index (χ4v) is 1.80. The fraction of sp³-hybridized carbons (Fsp3) is 0.818. The molecule has 0 aromatic carbocycles. The number of rotatable bonds is 8. The highest BCUT2D eigenvalue weighted by molar-refractivity contribution is 7.94. The molecule has 84 valence electrons. The molecule has 0 aromatic rings. The summed E-state index contributed by atoms with van der Waals surface area (Å²) in [5, 5.41) is 1.35. The normalized spacial score (nSPS) is 12.4. The molecule has 0 fully saturated rings. The van der Waals surface area contributed by atoms with Crippen LogP contribution in [0, 0.1) is 0 Å². The van der Waals surface area contributed by atoms with E-state index in [2.05, 4.69) is 6.92 Å². The minimum absolute atomic E-state index is 0.208. The van der Waals surface area contributed by atoms with Gasteiger partial charge in [0.25, 0.3) is 0 Å². The van der Waals surface area contributed by atoms with Crippen molar-refractivity contribution >= 4 is 9.84 Å². The summed E-state index contributed by atoms with van der Waals surface area (Å²) in [6.07, 6.45) is 8.80. The van der Waals surface area contributed by atoms with Gasteiger partial charge in [0.15, 0.2) is 9.84 Å². The van der Waals surface area contributed by atoms with E-state index in [1.54, 1.807) is 13.0 Å². The molecular formula is C11H22O2S. The summed E-state index contributed by atoms with van der Waals surface area (Å²) >= 11 is 0. The second kappa shape index (κ2) is 8.04. The SMILES string of the molecule is CCCCCCCC=CS(=O)(=O)CC. The van der Waals surface area contributed by atoms with Crippen molar-refractivity contribution in [2.75, 3.05) is 5.75 Å². The lowest BCUT2D eigenvalue weighted by atomic mass is 10.1. The first-order valence-corrected chi connectivity index (χ1v) is 7.23. The molecular weight excluding hydrogens is 196 g/mol. The number of allylic oxidation sites excluding steroid dienone is 1. The van der Waals surface area contributed by atoms with E-state index >= 15 is 0 Å². The molecule has 0 aliphatic rings. The van der Waals surface area contributed by atoms with Gasteiger partial charge in [0.05, 0.1) is 5.75 Å². The Hall–Kier alpha value is -0.310. The van der Waals surface area contributed by atoms with Gasteiger partial charge in [-0.3, -0.25) is 0 Å². The molecule has 0 atom stereocenters. The summed E-state index contributed by atoms with van der Waals surface area (Å²) in [7, 11) is -2.90. The molecule has 0 heterocycles. The average Bonchev–Trinajstić information content (AvgIpc) is 2.16. The van der Waals surface area contributed by atoms with Crippen LogP contribution in [0.15, 0.2) is 11.5 Å². The second-order valence-corrected chi connectivity index (χ2v) is 5.70. The van der Waals surface area contributed by atoms with Crippen LogP contribution < -0.4 is 0 Å². The molecule has 2 nitrogen and oxygen atoms in total. The van der Waals surface area contributed by atoms with E-state index in [1.807, 2.05) is 0 Å². The molecule has 0 amide bonds. The minimum atomic E-state index is -2.90. The maximum absolute atomic E-state index is 11.0. The fourth-order valence-electron chi connectivity index (χ4n) is 1.18. The monoisotopic (exact) mass is 218 g/mol. The van der Waals surface area contributed by atoms with Crippen LogP contribution in [0.5, 0.6) is 0 Å². The second-order valence-electron chi connectivity index (χ2n) is 3.53. The first kappa shape index (κ1) is 13.7. The Morgan fingerprint density at radius 1 is 1.00 bits per heavy atom. The van der Waals surface area contributed by atoms with Crippen LogP contribution in [0.1, 0.15) is 52.4 Å². The molecule has 0 unspecified atom stereocenters. The smallest absolute Gasteiger partial charge is 0.171 e. The Morgan fingerprint density at radius 2 is 1.64 bits per heavy atom. The Bertz CT molecular complexity index is 240.